The maximum absolute atomic E-state index is 11.6. The monoisotopic (exact) mass is 260 g/mol. The predicted octanol–water partition coefficient (Wildman–Crippen LogP) is 0.722. The van der Waals surface area contributed by atoms with E-state index in [-0.39, 0.29) is 17.2 Å². The normalized spacial score (nSPS) is 11.5. The SMILES string of the molecule is CCCn1cc(S(N)(=O)=O)cc1C(=O)OCC. The number of rotatable bonds is 5. The van der Waals surface area contributed by atoms with Crippen molar-refractivity contribution in [3.05, 3.63) is 18.0 Å². The lowest BCUT2D eigenvalue weighted by Gasteiger charge is -2.06. The maximum atomic E-state index is 11.6. The number of carbonyl (C=O) groups excluding carboxylic acids is 1. The minimum absolute atomic E-state index is 0.0750. The molecule has 0 aliphatic carbocycles. The summed E-state index contributed by atoms with van der Waals surface area (Å²) in [5.74, 6) is -0.546. The quantitative estimate of drug-likeness (QED) is 0.790. The van der Waals surface area contributed by atoms with Crippen LogP contribution < -0.4 is 5.14 Å². The highest BCUT2D eigenvalue weighted by atomic mass is 32.2. The van der Waals surface area contributed by atoms with Crippen LogP contribution in [-0.2, 0) is 21.3 Å². The lowest BCUT2D eigenvalue weighted by Crippen LogP contribution is -2.11. The summed E-state index contributed by atoms with van der Waals surface area (Å²) in [6.45, 7) is 4.38. The highest BCUT2D eigenvalue weighted by molar-refractivity contribution is 7.89. The van der Waals surface area contributed by atoms with E-state index in [2.05, 4.69) is 0 Å². The van der Waals surface area contributed by atoms with Crippen molar-refractivity contribution in [1.82, 2.24) is 4.57 Å². The Labute approximate surface area is 100 Å². The fourth-order valence-electron chi connectivity index (χ4n) is 1.44. The van der Waals surface area contributed by atoms with Gasteiger partial charge in [-0.2, -0.15) is 0 Å². The number of sulfonamides is 1. The van der Waals surface area contributed by atoms with Crippen LogP contribution in [0.15, 0.2) is 17.2 Å². The summed E-state index contributed by atoms with van der Waals surface area (Å²) in [6.07, 6.45) is 2.12. The number of hydrogen-bond acceptors (Lipinski definition) is 4. The Hall–Kier alpha value is -1.34. The van der Waals surface area contributed by atoms with Crippen molar-refractivity contribution >= 4 is 16.0 Å². The molecule has 0 spiro atoms. The molecular weight excluding hydrogens is 244 g/mol. The van der Waals surface area contributed by atoms with Crippen LogP contribution in [0.5, 0.6) is 0 Å². The molecule has 0 saturated heterocycles. The van der Waals surface area contributed by atoms with Gasteiger partial charge in [0, 0.05) is 12.7 Å². The second-order valence-corrected chi connectivity index (χ2v) is 5.08. The molecule has 0 unspecified atom stereocenters. The molecule has 17 heavy (non-hydrogen) atoms. The maximum Gasteiger partial charge on any atom is 0.354 e. The van der Waals surface area contributed by atoms with Gasteiger partial charge in [0.1, 0.15) is 10.6 Å². The molecule has 0 amide bonds. The first-order valence-electron chi connectivity index (χ1n) is 5.30. The van der Waals surface area contributed by atoms with Crippen LogP contribution in [0.25, 0.3) is 0 Å². The summed E-state index contributed by atoms with van der Waals surface area (Å²) < 4.78 is 28.8. The van der Waals surface area contributed by atoms with Crippen LogP contribution in [0.4, 0.5) is 0 Å². The molecular formula is C10H16N2O4S. The Bertz CT molecular complexity index is 504. The van der Waals surface area contributed by atoms with Gasteiger partial charge < -0.3 is 9.30 Å². The molecule has 0 bridgehead atoms. The van der Waals surface area contributed by atoms with E-state index in [1.807, 2.05) is 6.92 Å². The Morgan fingerprint density at radius 2 is 2.12 bits per heavy atom. The number of esters is 1. The molecule has 0 radical (unpaired) electrons. The molecule has 7 heteroatoms. The number of nitrogens with two attached hydrogens (primary N) is 1. The van der Waals surface area contributed by atoms with Crippen molar-refractivity contribution in [3.63, 3.8) is 0 Å². The van der Waals surface area contributed by atoms with E-state index in [9.17, 15) is 13.2 Å². The minimum atomic E-state index is -3.80. The van der Waals surface area contributed by atoms with Gasteiger partial charge in [0.25, 0.3) is 0 Å². The third-order valence-corrected chi connectivity index (χ3v) is 3.03. The molecule has 96 valence electrons. The van der Waals surface area contributed by atoms with E-state index in [0.29, 0.717) is 6.54 Å². The lowest BCUT2D eigenvalue weighted by molar-refractivity contribution is 0.0513. The number of nitrogens with zero attached hydrogens (tertiary/aromatic N) is 1. The van der Waals surface area contributed by atoms with E-state index in [1.165, 1.54) is 16.8 Å². The van der Waals surface area contributed by atoms with E-state index in [0.717, 1.165) is 6.42 Å². The standard InChI is InChI=1S/C10H16N2O4S/c1-3-5-12-7-8(17(11,14)15)6-9(12)10(13)16-4-2/h6-7H,3-5H2,1-2H3,(H2,11,14,15). The van der Waals surface area contributed by atoms with Gasteiger partial charge in [-0.3, -0.25) is 0 Å². The molecule has 0 aliphatic heterocycles. The van der Waals surface area contributed by atoms with Crippen LogP contribution >= 0.6 is 0 Å². The number of hydrogen-bond donors (Lipinski definition) is 1. The summed E-state index contributed by atoms with van der Waals surface area (Å²) in [6, 6.07) is 1.24. The molecule has 1 rings (SSSR count). The molecule has 1 aromatic heterocycles. The van der Waals surface area contributed by atoms with Gasteiger partial charge in [0.15, 0.2) is 0 Å². The Balaban J connectivity index is 3.18. The van der Waals surface area contributed by atoms with E-state index in [4.69, 9.17) is 9.88 Å². The Morgan fingerprint density at radius 1 is 1.47 bits per heavy atom. The summed E-state index contributed by atoms with van der Waals surface area (Å²) in [5.41, 5.74) is 0.206. The van der Waals surface area contributed by atoms with Gasteiger partial charge in [-0.05, 0) is 19.4 Å². The topological polar surface area (TPSA) is 91.4 Å². The number of carbonyl (C=O) groups is 1. The fourth-order valence-corrected chi connectivity index (χ4v) is 1.99. The Morgan fingerprint density at radius 3 is 2.59 bits per heavy atom. The number of primary sulfonamides is 1. The van der Waals surface area contributed by atoms with Crippen molar-refractivity contribution in [2.75, 3.05) is 6.61 Å². The summed E-state index contributed by atoms with van der Waals surface area (Å²) in [5, 5.41) is 5.02. The van der Waals surface area contributed by atoms with Gasteiger partial charge in [0.05, 0.1) is 6.61 Å². The van der Waals surface area contributed by atoms with Gasteiger partial charge in [-0.25, -0.2) is 18.4 Å². The second-order valence-electron chi connectivity index (χ2n) is 3.52. The summed E-state index contributed by atoms with van der Waals surface area (Å²) in [7, 11) is -3.80. The third kappa shape index (κ3) is 3.31. The summed E-state index contributed by atoms with van der Waals surface area (Å²) >= 11 is 0. The molecule has 1 aromatic rings. The van der Waals surface area contributed by atoms with Crippen LogP contribution in [0.1, 0.15) is 30.8 Å². The first kappa shape index (κ1) is 13.7. The zero-order chi connectivity index (χ0) is 13.1. The van der Waals surface area contributed by atoms with Crippen molar-refractivity contribution in [2.45, 2.75) is 31.7 Å². The highest BCUT2D eigenvalue weighted by Crippen LogP contribution is 2.14. The van der Waals surface area contributed by atoms with E-state index in [1.54, 1.807) is 6.92 Å². The molecule has 2 N–H and O–H groups in total. The minimum Gasteiger partial charge on any atom is -0.461 e. The molecule has 0 fully saturated rings. The van der Waals surface area contributed by atoms with E-state index >= 15 is 0 Å². The van der Waals surface area contributed by atoms with Gasteiger partial charge >= 0.3 is 5.97 Å². The van der Waals surface area contributed by atoms with Crippen molar-refractivity contribution in [1.29, 1.82) is 0 Å². The fraction of sp³-hybridized carbons (Fsp3) is 0.500. The largest absolute Gasteiger partial charge is 0.461 e. The van der Waals surface area contributed by atoms with Gasteiger partial charge in [-0.1, -0.05) is 6.92 Å². The molecule has 0 saturated carbocycles. The first-order valence-corrected chi connectivity index (χ1v) is 6.84. The van der Waals surface area contributed by atoms with Crippen molar-refractivity contribution in [3.8, 4) is 0 Å². The molecule has 0 aliphatic rings. The van der Waals surface area contributed by atoms with Gasteiger partial charge in [-0.15, -0.1) is 0 Å². The third-order valence-electron chi connectivity index (χ3n) is 2.15. The zero-order valence-corrected chi connectivity index (χ0v) is 10.7. The molecule has 1 heterocycles. The molecule has 0 aromatic carbocycles. The molecule has 6 nitrogen and oxygen atoms in total. The van der Waals surface area contributed by atoms with Gasteiger partial charge in [0.2, 0.25) is 10.0 Å². The van der Waals surface area contributed by atoms with Crippen molar-refractivity contribution < 1.29 is 17.9 Å². The number of aromatic nitrogens is 1. The van der Waals surface area contributed by atoms with Crippen LogP contribution in [-0.4, -0.2) is 25.6 Å². The zero-order valence-electron chi connectivity index (χ0n) is 9.84. The summed E-state index contributed by atoms with van der Waals surface area (Å²) in [4.78, 5) is 11.5. The van der Waals surface area contributed by atoms with E-state index < -0.39 is 16.0 Å². The number of ether oxygens (including phenoxy) is 1. The average Bonchev–Trinajstić information content (AvgIpc) is 2.62. The first-order chi connectivity index (χ1) is 7.90. The second kappa shape index (κ2) is 5.33. The lowest BCUT2D eigenvalue weighted by atomic mass is 10.4. The van der Waals surface area contributed by atoms with Crippen LogP contribution in [0.3, 0.4) is 0 Å². The average molecular weight is 260 g/mol. The number of aryl methyl sites for hydroxylation is 1. The van der Waals surface area contributed by atoms with Crippen LogP contribution in [0, 0.1) is 0 Å². The van der Waals surface area contributed by atoms with Crippen LogP contribution in [0.2, 0.25) is 0 Å². The van der Waals surface area contributed by atoms with Crippen molar-refractivity contribution in [2.24, 2.45) is 5.14 Å². The Kier molecular flexibility index (Phi) is 4.30. The predicted molar refractivity (Wildman–Crippen MR) is 62.1 cm³/mol. The molecule has 0 atom stereocenters. The highest BCUT2D eigenvalue weighted by Gasteiger charge is 2.19. The smallest absolute Gasteiger partial charge is 0.354 e.